The molecule has 0 bridgehead atoms. The summed E-state index contributed by atoms with van der Waals surface area (Å²) in [4.78, 5) is 14.0. The molecular weight excluding hydrogens is 174 g/mol. The second-order valence-corrected chi connectivity index (χ2v) is 3.33. The Morgan fingerprint density at radius 3 is 2.50 bits per heavy atom. The van der Waals surface area contributed by atoms with E-state index in [1.807, 2.05) is 6.92 Å². The van der Waals surface area contributed by atoms with E-state index < -0.39 is 0 Å². The van der Waals surface area contributed by atoms with E-state index in [0.717, 1.165) is 29.7 Å². The molecule has 0 aromatic heterocycles. The van der Waals surface area contributed by atoms with Gasteiger partial charge in [-0.05, 0) is 36.5 Å². The summed E-state index contributed by atoms with van der Waals surface area (Å²) in [5.41, 5.74) is 4.28. The Labute approximate surface area is 84.7 Å². The van der Waals surface area contributed by atoms with Crippen molar-refractivity contribution in [2.45, 2.75) is 33.6 Å². The highest BCUT2D eigenvalue weighted by atomic mass is 16.1. The van der Waals surface area contributed by atoms with Crippen molar-refractivity contribution in [2.75, 3.05) is 0 Å². The monoisotopic (exact) mass is 189 g/mol. The summed E-state index contributed by atoms with van der Waals surface area (Å²) in [6.45, 7) is 6.17. The smallest absolute Gasteiger partial charge is 0.211 e. The summed E-state index contributed by atoms with van der Waals surface area (Å²) < 4.78 is 0. The van der Waals surface area contributed by atoms with Crippen molar-refractivity contribution in [1.82, 2.24) is 0 Å². The second-order valence-electron chi connectivity index (χ2n) is 3.33. The number of hydrogen-bond acceptors (Lipinski definition) is 2. The molecule has 0 atom stereocenters. The van der Waals surface area contributed by atoms with Gasteiger partial charge in [-0.25, -0.2) is 4.79 Å². The van der Waals surface area contributed by atoms with Crippen molar-refractivity contribution in [3.05, 3.63) is 28.8 Å². The molecule has 0 heterocycles. The zero-order valence-corrected chi connectivity index (χ0v) is 8.92. The van der Waals surface area contributed by atoms with Crippen LogP contribution in [0, 0.1) is 6.92 Å². The van der Waals surface area contributed by atoms with Crippen molar-refractivity contribution < 1.29 is 4.79 Å². The summed E-state index contributed by atoms with van der Waals surface area (Å²) in [6.07, 6.45) is 3.52. The summed E-state index contributed by atoms with van der Waals surface area (Å²) in [6, 6.07) is 4.19. The fourth-order valence-corrected chi connectivity index (χ4v) is 1.61. The molecule has 0 radical (unpaired) electrons. The highest BCUT2D eigenvalue weighted by Crippen LogP contribution is 2.26. The van der Waals surface area contributed by atoms with Gasteiger partial charge in [-0.1, -0.05) is 26.0 Å². The molecule has 1 aromatic rings. The number of aliphatic imine (C=N–C) groups is 1. The van der Waals surface area contributed by atoms with Gasteiger partial charge in [0.15, 0.2) is 0 Å². The van der Waals surface area contributed by atoms with Crippen molar-refractivity contribution >= 4 is 11.8 Å². The minimum atomic E-state index is 0.791. The zero-order valence-electron chi connectivity index (χ0n) is 8.92. The van der Waals surface area contributed by atoms with Crippen LogP contribution in [-0.4, -0.2) is 6.08 Å². The van der Waals surface area contributed by atoms with Gasteiger partial charge in [0.2, 0.25) is 6.08 Å². The van der Waals surface area contributed by atoms with E-state index in [9.17, 15) is 4.79 Å². The van der Waals surface area contributed by atoms with Crippen molar-refractivity contribution in [1.29, 1.82) is 0 Å². The molecule has 0 spiro atoms. The molecule has 0 aliphatic rings. The second kappa shape index (κ2) is 4.73. The van der Waals surface area contributed by atoms with Crippen molar-refractivity contribution in [3.8, 4) is 0 Å². The van der Waals surface area contributed by atoms with Crippen LogP contribution >= 0.6 is 0 Å². The molecule has 2 nitrogen and oxygen atoms in total. The van der Waals surface area contributed by atoms with Crippen LogP contribution in [0.15, 0.2) is 17.1 Å². The van der Waals surface area contributed by atoms with E-state index in [0.29, 0.717) is 0 Å². The lowest BCUT2D eigenvalue weighted by molar-refractivity contribution is 0.565. The maximum absolute atomic E-state index is 10.3. The third-order valence-corrected chi connectivity index (χ3v) is 2.39. The molecule has 0 saturated carbocycles. The predicted molar refractivity (Wildman–Crippen MR) is 57.7 cm³/mol. The summed E-state index contributed by atoms with van der Waals surface area (Å²) in [5.74, 6) is 0. The lowest BCUT2D eigenvalue weighted by Crippen LogP contribution is -1.90. The number of carbonyl (C=O) groups excluding carboxylic acids is 1. The van der Waals surface area contributed by atoms with Crippen LogP contribution in [0.25, 0.3) is 0 Å². The van der Waals surface area contributed by atoms with Crippen LogP contribution in [0.4, 0.5) is 5.69 Å². The van der Waals surface area contributed by atoms with Crippen LogP contribution in [0.3, 0.4) is 0 Å². The first-order chi connectivity index (χ1) is 6.72. The van der Waals surface area contributed by atoms with Gasteiger partial charge in [-0.3, -0.25) is 0 Å². The van der Waals surface area contributed by atoms with Gasteiger partial charge >= 0.3 is 0 Å². The number of nitrogens with zero attached hydrogens (tertiary/aromatic N) is 1. The van der Waals surface area contributed by atoms with Crippen molar-refractivity contribution in [2.24, 2.45) is 4.99 Å². The normalized spacial score (nSPS) is 9.64. The highest BCUT2D eigenvalue weighted by Gasteiger charge is 2.05. The zero-order chi connectivity index (χ0) is 10.6. The Balaban J connectivity index is 3.34. The maximum atomic E-state index is 10.3. The minimum absolute atomic E-state index is 0.791. The Bertz CT molecular complexity index is 376. The first-order valence-corrected chi connectivity index (χ1v) is 4.93. The van der Waals surface area contributed by atoms with Gasteiger partial charge in [-0.2, -0.15) is 4.99 Å². The lowest BCUT2D eigenvalue weighted by atomic mass is 10.0. The Hall–Kier alpha value is -1.40. The molecule has 74 valence electrons. The largest absolute Gasteiger partial charge is 0.240 e. The first-order valence-electron chi connectivity index (χ1n) is 4.93. The molecule has 0 fully saturated rings. The van der Waals surface area contributed by atoms with E-state index in [1.54, 1.807) is 6.08 Å². The quantitative estimate of drug-likeness (QED) is 0.530. The minimum Gasteiger partial charge on any atom is -0.211 e. The molecule has 0 unspecified atom stereocenters. The molecule has 0 amide bonds. The summed E-state index contributed by atoms with van der Waals surface area (Å²) in [7, 11) is 0. The van der Waals surface area contributed by atoms with Gasteiger partial charge in [0.1, 0.15) is 0 Å². The Morgan fingerprint density at radius 1 is 1.29 bits per heavy atom. The van der Waals surface area contributed by atoms with E-state index in [1.165, 1.54) is 5.56 Å². The molecule has 0 aliphatic carbocycles. The number of benzene rings is 1. The molecule has 1 aromatic carbocycles. The van der Waals surface area contributed by atoms with Crippen molar-refractivity contribution in [3.63, 3.8) is 0 Å². The van der Waals surface area contributed by atoms with Gasteiger partial charge in [0, 0.05) is 0 Å². The van der Waals surface area contributed by atoms with Crippen LogP contribution in [0.5, 0.6) is 0 Å². The predicted octanol–water partition coefficient (Wildman–Crippen LogP) is 3.09. The maximum Gasteiger partial charge on any atom is 0.240 e. The standard InChI is InChI=1S/C12H15NO/c1-4-10-6-9(3)12(13-8-14)11(5-2)7-10/h6-7H,4-5H2,1-3H3. The number of rotatable bonds is 3. The average molecular weight is 189 g/mol. The van der Waals surface area contributed by atoms with E-state index in [4.69, 9.17) is 0 Å². The number of isocyanates is 1. The molecule has 2 heteroatoms. The SMILES string of the molecule is CCc1cc(C)c(N=C=O)c(CC)c1. The van der Waals surface area contributed by atoms with Gasteiger partial charge in [0.25, 0.3) is 0 Å². The van der Waals surface area contributed by atoms with Gasteiger partial charge in [-0.15, -0.1) is 0 Å². The van der Waals surface area contributed by atoms with Gasteiger partial charge in [0.05, 0.1) is 5.69 Å². The third-order valence-electron chi connectivity index (χ3n) is 2.39. The van der Waals surface area contributed by atoms with E-state index >= 15 is 0 Å². The van der Waals surface area contributed by atoms with Crippen LogP contribution in [0.1, 0.15) is 30.5 Å². The molecule has 0 N–H and O–H groups in total. The van der Waals surface area contributed by atoms with Crippen LogP contribution < -0.4 is 0 Å². The van der Waals surface area contributed by atoms with E-state index in [-0.39, 0.29) is 0 Å². The van der Waals surface area contributed by atoms with Crippen LogP contribution in [0.2, 0.25) is 0 Å². The lowest BCUT2D eigenvalue weighted by Gasteiger charge is -2.08. The Kier molecular flexibility index (Phi) is 3.61. The summed E-state index contributed by atoms with van der Waals surface area (Å²) >= 11 is 0. The molecule has 14 heavy (non-hydrogen) atoms. The molecule has 1 rings (SSSR count). The average Bonchev–Trinajstić information content (AvgIpc) is 2.20. The molecular formula is C12H15NO. The van der Waals surface area contributed by atoms with Gasteiger partial charge < -0.3 is 0 Å². The van der Waals surface area contributed by atoms with E-state index in [2.05, 4.69) is 31.0 Å². The fourth-order valence-electron chi connectivity index (χ4n) is 1.61. The molecule has 0 aliphatic heterocycles. The summed E-state index contributed by atoms with van der Waals surface area (Å²) in [5, 5.41) is 0. The molecule has 0 saturated heterocycles. The fraction of sp³-hybridized carbons (Fsp3) is 0.417. The Morgan fingerprint density at radius 2 is 2.00 bits per heavy atom. The number of aryl methyl sites for hydroxylation is 3. The van der Waals surface area contributed by atoms with Crippen LogP contribution in [-0.2, 0) is 17.6 Å². The highest BCUT2D eigenvalue weighted by molar-refractivity contribution is 5.59. The number of hydrogen-bond donors (Lipinski definition) is 0. The third kappa shape index (κ3) is 2.09. The topological polar surface area (TPSA) is 29.4 Å². The first kappa shape index (κ1) is 10.7.